The molecule has 0 spiro atoms. The fraction of sp³-hybridized carbons (Fsp3) is 0.636. The Hall–Kier alpha value is -0.620. The Balaban J connectivity index is 2.09. The summed E-state index contributed by atoms with van der Waals surface area (Å²) in [4.78, 5) is 0. The molecule has 1 aromatic rings. The summed E-state index contributed by atoms with van der Waals surface area (Å²) in [6, 6.07) is 1.98. The topological polar surface area (TPSA) is 50.7 Å². The van der Waals surface area contributed by atoms with Crippen LogP contribution in [0.4, 0.5) is 5.69 Å². The van der Waals surface area contributed by atoms with E-state index in [-0.39, 0.29) is 6.10 Å². The van der Waals surface area contributed by atoms with Crippen LogP contribution in [0.2, 0.25) is 0 Å². The van der Waals surface area contributed by atoms with E-state index in [4.69, 9.17) is 9.47 Å². The Morgan fingerprint density at radius 2 is 2.31 bits per heavy atom. The summed E-state index contributed by atoms with van der Waals surface area (Å²) in [6.07, 6.45) is -0.486. The summed E-state index contributed by atoms with van der Waals surface area (Å²) in [5, 5.41) is 16.8. The Morgan fingerprint density at radius 3 is 2.94 bits per heavy atom. The summed E-state index contributed by atoms with van der Waals surface area (Å²) in [6.45, 7) is 3.28. The zero-order valence-electron chi connectivity index (χ0n) is 9.68. The van der Waals surface area contributed by atoms with Crippen molar-refractivity contribution in [3.63, 3.8) is 0 Å². The number of hydrogen-bond acceptors (Lipinski definition) is 5. The van der Waals surface area contributed by atoms with Crippen molar-refractivity contribution in [2.75, 3.05) is 32.2 Å². The van der Waals surface area contributed by atoms with Crippen LogP contribution in [0.5, 0.6) is 0 Å². The molecule has 1 heterocycles. The van der Waals surface area contributed by atoms with Gasteiger partial charge in [-0.3, -0.25) is 0 Å². The van der Waals surface area contributed by atoms with E-state index < -0.39 is 6.10 Å². The molecular formula is C11H19NO3S. The van der Waals surface area contributed by atoms with Gasteiger partial charge >= 0.3 is 0 Å². The van der Waals surface area contributed by atoms with Crippen LogP contribution in [-0.4, -0.2) is 44.2 Å². The summed E-state index contributed by atoms with van der Waals surface area (Å²) >= 11 is 1.62. The normalized spacial score (nSPS) is 14.7. The van der Waals surface area contributed by atoms with Gasteiger partial charge in [0.05, 0.1) is 25.4 Å². The van der Waals surface area contributed by atoms with Crippen molar-refractivity contribution in [2.45, 2.75) is 19.1 Å². The first-order valence-electron chi connectivity index (χ1n) is 5.27. The van der Waals surface area contributed by atoms with E-state index in [0.717, 1.165) is 5.69 Å². The van der Waals surface area contributed by atoms with E-state index >= 15 is 0 Å². The number of ether oxygens (including phenoxy) is 2. The molecule has 1 aromatic heterocycles. The van der Waals surface area contributed by atoms with Crippen LogP contribution >= 0.6 is 11.3 Å². The predicted octanol–water partition coefficient (Wildman–Crippen LogP) is 1.57. The fourth-order valence-electron chi connectivity index (χ4n) is 1.22. The number of rotatable bonds is 8. The molecule has 0 aliphatic rings. The monoisotopic (exact) mass is 245 g/mol. The lowest BCUT2D eigenvalue weighted by atomic mass is 10.3. The highest BCUT2D eigenvalue weighted by Gasteiger charge is 2.07. The number of methoxy groups -OCH3 is 1. The van der Waals surface area contributed by atoms with Gasteiger partial charge in [0.2, 0.25) is 0 Å². The largest absolute Gasteiger partial charge is 0.389 e. The Labute approximate surface area is 100 Å². The molecule has 4 nitrogen and oxygen atoms in total. The second kappa shape index (κ2) is 7.62. The summed E-state index contributed by atoms with van der Waals surface area (Å²) in [7, 11) is 1.63. The lowest BCUT2D eigenvalue weighted by Gasteiger charge is -2.16. The van der Waals surface area contributed by atoms with Gasteiger partial charge in [0.25, 0.3) is 0 Å². The maximum atomic E-state index is 9.64. The van der Waals surface area contributed by atoms with Crippen LogP contribution in [0.15, 0.2) is 16.8 Å². The molecule has 1 rings (SSSR count). The first-order chi connectivity index (χ1) is 7.72. The number of thiophene rings is 1. The van der Waals surface area contributed by atoms with Crippen LogP contribution in [0, 0.1) is 0 Å². The quantitative estimate of drug-likeness (QED) is 0.730. The summed E-state index contributed by atoms with van der Waals surface area (Å²) < 4.78 is 10.3. The van der Waals surface area contributed by atoms with Gasteiger partial charge in [0, 0.05) is 24.7 Å². The van der Waals surface area contributed by atoms with E-state index in [0.29, 0.717) is 19.8 Å². The molecule has 0 aliphatic heterocycles. The number of anilines is 1. The standard InChI is InChI=1S/C11H19NO3S/c1-9(6-14-2)15-7-11(13)5-12-10-3-4-16-8-10/h3-4,8-9,11-13H,5-7H2,1-2H3. The van der Waals surface area contributed by atoms with Gasteiger partial charge in [-0.05, 0) is 18.4 Å². The highest BCUT2D eigenvalue weighted by atomic mass is 32.1. The molecular weight excluding hydrogens is 226 g/mol. The summed E-state index contributed by atoms with van der Waals surface area (Å²) in [5.41, 5.74) is 1.04. The average molecular weight is 245 g/mol. The lowest BCUT2D eigenvalue weighted by molar-refractivity contribution is -0.0282. The highest BCUT2D eigenvalue weighted by molar-refractivity contribution is 7.08. The molecule has 0 bridgehead atoms. The van der Waals surface area contributed by atoms with Gasteiger partial charge in [0.15, 0.2) is 0 Å². The molecule has 2 unspecified atom stereocenters. The first-order valence-corrected chi connectivity index (χ1v) is 6.21. The molecule has 0 amide bonds. The Morgan fingerprint density at radius 1 is 1.50 bits per heavy atom. The van der Waals surface area contributed by atoms with E-state index in [1.165, 1.54) is 0 Å². The third-order valence-corrected chi connectivity index (χ3v) is 2.72. The van der Waals surface area contributed by atoms with Crippen molar-refractivity contribution in [3.8, 4) is 0 Å². The van der Waals surface area contributed by atoms with Crippen molar-refractivity contribution in [3.05, 3.63) is 16.8 Å². The minimum Gasteiger partial charge on any atom is -0.389 e. The second-order valence-corrected chi connectivity index (χ2v) is 4.43. The average Bonchev–Trinajstić information content (AvgIpc) is 2.77. The van der Waals surface area contributed by atoms with E-state index in [1.54, 1.807) is 18.4 Å². The molecule has 5 heteroatoms. The van der Waals surface area contributed by atoms with Crippen molar-refractivity contribution in [1.29, 1.82) is 0 Å². The minimum atomic E-state index is -0.501. The molecule has 0 aliphatic carbocycles. The van der Waals surface area contributed by atoms with Crippen LogP contribution in [-0.2, 0) is 9.47 Å². The first kappa shape index (κ1) is 13.4. The maximum Gasteiger partial charge on any atom is 0.0945 e. The molecule has 0 aromatic carbocycles. The third-order valence-electron chi connectivity index (χ3n) is 2.04. The van der Waals surface area contributed by atoms with Gasteiger partial charge in [-0.2, -0.15) is 11.3 Å². The minimum absolute atomic E-state index is 0.0146. The van der Waals surface area contributed by atoms with Crippen LogP contribution in [0.1, 0.15) is 6.92 Å². The predicted molar refractivity (Wildman–Crippen MR) is 66.1 cm³/mol. The van der Waals surface area contributed by atoms with Gasteiger partial charge in [-0.15, -0.1) is 0 Å². The summed E-state index contributed by atoms with van der Waals surface area (Å²) in [5.74, 6) is 0. The molecule has 0 saturated carbocycles. The third kappa shape index (κ3) is 5.46. The molecule has 16 heavy (non-hydrogen) atoms. The lowest BCUT2D eigenvalue weighted by Crippen LogP contribution is -2.28. The van der Waals surface area contributed by atoms with Crippen molar-refractivity contribution in [2.24, 2.45) is 0 Å². The van der Waals surface area contributed by atoms with Crippen molar-refractivity contribution < 1.29 is 14.6 Å². The number of nitrogens with one attached hydrogen (secondary N) is 1. The van der Waals surface area contributed by atoms with Gasteiger partial charge in [-0.25, -0.2) is 0 Å². The fourth-order valence-corrected chi connectivity index (χ4v) is 1.83. The van der Waals surface area contributed by atoms with Gasteiger partial charge in [0.1, 0.15) is 0 Å². The van der Waals surface area contributed by atoms with E-state index in [2.05, 4.69) is 5.32 Å². The number of aliphatic hydroxyl groups is 1. The zero-order chi connectivity index (χ0) is 11.8. The van der Waals surface area contributed by atoms with Crippen molar-refractivity contribution >= 4 is 17.0 Å². The zero-order valence-corrected chi connectivity index (χ0v) is 10.5. The number of hydrogen-bond donors (Lipinski definition) is 2. The van der Waals surface area contributed by atoms with E-state index in [1.807, 2.05) is 23.8 Å². The smallest absolute Gasteiger partial charge is 0.0945 e. The van der Waals surface area contributed by atoms with Crippen LogP contribution in [0.3, 0.4) is 0 Å². The van der Waals surface area contributed by atoms with Crippen LogP contribution < -0.4 is 5.32 Å². The maximum absolute atomic E-state index is 9.64. The van der Waals surface area contributed by atoms with Gasteiger partial charge < -0.3 is 19.9 Å². The number of aliphatic hydroxyl groups excluding tert-OH is 1. The molecule has 2 atom stereocenters. The molecule has 0 saturated heterocycles. The molecule has 92 valence electrons. The molecule has 0 fully saturated rings. The second-order valence-electron chi connectivity index (χ2n) is 3.65. The SMILES string of the molecule is COCC(C)OCC(O)CNc1ccsc1. The Kier molecular flexibility index (Phi) is 6.40. The molecule has 2 N–H and O–H groups in total. The Bertz CT molecular complexity index is 266. The molecule has 0 radical (unpaired) electrons. The van der Waals surface area contributed by atoms with Crippen LogP contribution in [0.25, 0.3) is 0 Å². The highest BCUT2D eigenvalue weighted by Crippen LogP contribution is 2.11. The van der Waals surface area contributed by atoms with E-state index in [9.17, 15) is 5.11 Å². The van der Waals surface area contributed by atoms with Gasteiger partial charge in [-0.1, -0.05) is 0 Å². The van der Waals surface area contributed by atoms with Crippen molar-refractivity contribution in [1.82, 2.24) is 0 Å².